The summed E-state index contributed by atoms with van der Waals surface area (Å²) in [4.78, 5) is 5.50. The molecule has 0 spiro atoms. The molecule has 2 nitrogen and oxygen atoms in total. The standard InChI is InChI=1S/C17H32N2/c1-2-18-11-6-9-17(14-18)19-12-10-16(13-19)15-7-4-3-5-8-15/h15-17H,2-14H2,1H3/t16-,17-/m0/s1. The van der Waals surface area contributed by atoms with Gasteiger partial charge in [0.2, 0.25) is 0 Å². The van der Waals surface area contributed by atoms with Gasteiger partial charge in [-0.05, 0) is 50.7 Å². The van der Waals surface area contributed by atoms with Crippen LogP contribution in [0.15, 0.2) is 0 Å². The molecule has 0 radical (unpaired) electrons. The lowest BCUT2D eigenvalue weighted by molar-refractivity contribution is 0.111. The van der Waals surface area contributed by atoms with Gasteiger partial charge in [0.15, 0.2) is 0 Å². The second-order valence-electron chi connectivity index (χ2n) is 7.13. The first-order valence-corrected chi connectivity index (χ1v) is 8.83. The van der Waals surface area contributed by atoms with E-state index >= 15 is 0 Å². The molecule has 19 heavy (non-hydrogen) atoms. The van der Waals surface area contributed by atoms with Crippen molar-refractivity contribution in [3.8, 4) is 0 Å². The summed E-state index contributed by atoms with van der Waals surface area (Å²) in [7, 11) is 0. The largest absolute Gasteiger partial charge is 0.302 e. The Morgan fingerprint density at radius 2 is 1.63 bits per heavy atom. The minimum absolute atomic E-state index is 0.877. The maximum absolute atomic E-state index is 2.85. The zero-order valence-corrected chi connectivity index (χ0v) is 12.8. The molecule has 0 bridgehead atoms. The topological polar surface area (TPSA) is 6.48 Å². The van der Waals surface area contributed by atoms with Gasteiger partial charge in [0.05, 0.1) is 0 Å². The SMILES string of the molecule is CCN1CCC[C@H](N2CC[C@H](C3CCCCC3)C2)C1. The van der Waals surface area contributed by atoms with Crippen molar-refractivity contribution in [2.75, 3.05) is 32.7 Å². The van der Waals surface area contributed by atoms with Crippen molar-refractivity contribution in [2.45, 2.75) is 64.3 Å². The van der Waals surface area contributed by atoms with E-state index in [0.29, 0.717) is 0 Å². The monoisotopic (exact) mass is 264 g/mol. The summed E-state index contributed by atoms with van der Waals surface area (Å²) in [6.45, 7) is 9.06. The Hall–Kier alpha value is -0.0800. The third kappa shape index (κ3) is 3.33. The fourth-order valence-corrected chi connectivity index (χ4v) is 4.75. The van der Waals surface area contributed by atoms with Crippen LogP contribution in [0.25, 0.3) is 0 Å². The van der Waals surface area contributed by atoms with Crippen molar-refractivity contribution in [1.29, 1.82) is 0 Å². The molecular formula is C17H32N2. The van der Waals surface area contributed by atoms with E-state index in [4.69, 9.17) is 0 Å². The van der Waals surface area contributed by atoms with Crippen molar-refractivity contribution in [2.24, 2.45) is 11.8 Å². The van der Waals surface area contributed by atoms with Crippen LogP contribution in [0.2, 0.25) is 0 Å². The summed E-state index contributed by atoms with van der Waals surface area (Å²) in [5.41, 5.74) is 0. The summed E-state index contributed by atoms with van der Waals surface area (Å²) in [5.74, 6) is 2.11. The van der Waals surface area contributed by atoms with E-state index < -0.39 is 0 Å². The van der Waals surface area contributed by atoms with Crippen molar-refractivity contribution < 1.29 is 0 Å². The molecule has 110 valence electrons. The molecule has 2 heterocycles. The van der Waals surface area contributed by atoms with Gasteiger partial charge in [0.25, 0.3) is 0 Å². The Labute approximate surface area is 119 Å². The zero-order valence-electron chi connectivity index (χ0n) is 12.8. The quantitative estimate of drug-likeness (QED) is 0.771. The van der Waals surface area contributed by atoms with Crippen LogP contribution in [0.4, 0.5) is 0 Å². The summed E-state index contributed by atoms with van der Waals surface area (Å²) in [5, 5.41) is 0. The van der Waals surface area contributed by atoms with Crippen molar-refractivity contribution >= 4 is 0 Å². The molecule has 0 unspecified atom stereocenters. The Balaban J connectivity index is 1.50. The van der Waals surface area contributed by atoms with Crippen LogP contribution in [0.3, 0.4) is 0 Å². The van der Waals surface area contributed by atoms with E-state index in [0.717, 1.165) is 17.9 Å². The van der Waals surface area contributed by atoms with Crippen LogP contribution >= 0.6 is 0 Å². The maximum Gasteiger partial charge on any atom is 0.0223 e. The average Bonchev–Trinajstić information content (AvgIpc) is 2.98. The van der Waals surface area contributed by atoms with Crippen molar-refractivity contribution in [3.63, 3.8) is 0 Å². The molecule has 2 atom stereocenters. The predicted octanol–water partition coefficient (Wildman–Crippen LogP) is 3.37. The second-order valence-corrected chi connectivity index (χ2v) is 7.13. The Kier molecular flexibility index (Phi) is 4.81. The first kappa shape index (κ1) is 13.9. The van der Waals surface area contributed by atoms with Crippen LogP contribution in [0, 0.1) is 11.8 Å². The number of rotatable bonds is 3. The molecule has 2 saturated heterocycles. The van der Waals surface area contributed by atoms with Crippen LogP contribution in [0.5, 0.6) is 0 Å². The molecule has 0 amide bonds. The molecule has 0 aromatic carbocycles. The van der Waals surface area contributed by atoms with Crippen LogP contribution in [-0.4, -0.2) is 48.6 Å². The highest BCUT2D eigenvalue weighted by atomic mass is 15.2. The molecule has 3 aliphatic rings. The number of nitrogens with zero attached hydrogens (tertiary/aromatic N) is 2. The summed E-state index contributed by atoms with van der Waals surface area (Å²) >= 11 is 0. The van der Waals surface area contributed by atoms with Gasteiger partial charge in [-0.25, -0.2) is 0 Å². The molecule has 0 N–H and O–H groups in total. The van der Waals surface area contributed by atoms with Crippen LogP contribution in [-0.2, 0) is 0 Å². The Morgan fingerprint density at radius 3 is 2.42 bits per heavy atom. The van der Waals surface area contributed by atoms with Gasteiger partial charge in [0.1, 0.15) is 0 Å². The molecule has 0 aromatic heterocycles. The number of likely N-dealkylation sites (tertiary alicyclic amines) is 2. The minimum Gasteiger partial charge on any atom is -0.302 e. The van der Waals surface area contributed by atoms with E-state index in [-0.39, 0.29) is 0 Å². The summed E-state index contributed by atoms with van der Waals surface area (Å²) < 4.78 is 0. The van der Waals surface area contributed by atoms with Crippen LogP contribution in [0.1, 0.15) is 58.3 Å². The number of piperidine rings is 1. The van der Waals surface area contributed by atoms with Gasteiger partial charge < -0.3 is 4.90 Å². The lowest BCUT2D eigenvalue weighted by Gasteiger charge is -2.37. The van der Waals surface area contributed by atoms with E-state index in [1.807, 2.05) is 0 Å². The molecule has 3 rings (SSSR count). The lowest BCUT2D eigenvalue weighted by Crippen LogP contribution is -2.47. The average molecular weight is 264 g/mol. The molecule has 2 heteroatoms. The van der Waals surface area contributed by atoms with E-state index in [1.54, 1.807) is 0 Å². The maximum atomic E-state index is 2.85. The van der Waals surface area contributed by atoms with Gasteiger partial charge in [-0.2, -0.15) is 0 Å². The highest BCUT2D eigenvalue weighted by molar-refractivity contribution is 4.88. The van der Waals surface area contributed by atoms with Gasteiger partial charge in [-0.15, -0.1) is 0 Å². The predicted molar refractivity (Wildman–Crippen MR) is 81.4 cm³/mol. The van der Waals surface area contributed by atoms with Crippen molar-refractivity contribution in [3.05, 3.63) is 0 Å². The summed E-state index contributed by atoms with van der Waals surface area (Å²) in [6, 6.07) is 0.877. The molecule has 1 aliphatic carbocycles. The third-order valence-electron chi connectivity index (χ3n) is 6.02. The second kappa shape index (κ2) is 6.58. The van der Waals surface area contributed by atoms with E-state index in [2.05, 4.69) is 16.7 Å². The normalized spacial score (nSPS) is 35.8. The Bertz CT molecular complexity index is 272. The van der Waals surface area contributed by atoms with Gasteiger partial charge in [-0.1, -0.05) is 39.0 Å². The first-order valence-electron chi connectivity index (χ1n) is 8.83. The summed E-state index contributed by atoms with van der Waals surface area (Å²) in [6.07, 6.45) is 11.9. The van der Waals surface area contributed by atoms with E-state index in [1.165, 1.54) is 84.1 Å². The number of hydrogen-bond acceptors (Lipinski definition) is 2. The molecule has 3 fully saturated rings. The molecule has 1 saturated carbocycles. The van der Waals surface area contributed by atoms with Crippen molar-refractivity contribution in [1.82, 2.24) is 9.80 Å². The van der Waals surface area contributed by atoms with Crippen LogP contribution < -0.4 is 0 Å². The molecule has 2 aliphatic heterocycles. The highest BCUT2D eigenvalue weighted by Gasteiger charge is 2.34. The van der Waals surface area contributed by atoms with Gasteiger partial charge in [-0.3, -0.25) is 4.90 Å². The fourth-order valence-electron chi connectivity index (χ4n) is 4.75. The number of hydrogen-bond donors (Lipinski definition) is 0. The lowest BCUT2D eigenvalue weighted by atomic mass is 9.79. The molecule has 0 aromatic rings. The van der Waals surface area contributed by atoms with E-state index in [9.17, 15) is 0 Å². The zero-order chi connectivity index (χ0) is 13.1. The highest BCUT2D eigenvalue weighted by Crippen LogP contribution is 2.36. The Morgan fingerprint density at radius 1 is 0.789 bits per heavy atom. The van der Waals surface area contributed by atoms with Gasteiger partial charge >= 0.3 is 0 Å². The van der Waals surface area contributed by atoms with Gasteiger partial charge in [0, 0.05) is 19.1 Å². The first-order chi connectivity index (χ1) is 9.36. The third-order valence-corrected chi connectivity index (χ3v) is 6.02. The smallest absolute Gasteiger partial charge is 0.0223 e. The fraction of sp³-hybridized carbons (Fsp3) is 1.00. The minimum atomic E-state index is 0.877. The number of likely N-dealkylation sites (N-methyl/N-ethyl adjacent to an activating group) is 1. The molecular weight excluding hydrogens is 232 g/mol.